The fourth-order valence-corrected chi connectivity index (χ4v) is 5.82. The summed E-state index contributed by atoms with van der Waals surface area (Å²) in [5.41, 5.74) is 8.55. The SMILES string of the molecule is CCCC(C)(CC)c1ccccc1N1c2nc(-c3ccccc3C)ccc2N(c2ccccc2)C1C. The number of aromatic nitrogens is 1. The number of pyridine rings is 1. The van der Waals surface area contributed by atoms with Gasteiger partial charge < -0.3 is 9.80 Å². The molecule has 3 aromatic carbocycles. The minimum absolute atomic E-state index is 0.0888. The van der Waals surface area contributed by atoms with Crippen LogP contribution in [0.25, 0.3) is 11.3 Å². The van der Waals surface area contributed by atoms with Crippen molar-refractivity contribution in [1.29, 1.82) is 0 Å². The smallest absolute Gasteiger partial charge is 0.159 e. The van der Waals surface area contributed by atoms with E-state index in [1.54, 1.807) is 0 Å². The molecule has 0 bridgehead atoms. The van der Waals surface area contributed by atoms with E-state index in [0.717, 1.165) is 36.5 Å². The van der Waals surface area contributed by atoms with Crippen molar-refractivity contribution < 1.29 is 0 Å². The summed E-state index contributed by atoms with van der Waals surface area (Å²) in [4.78, 5) is 10.2. The molecule has 4 aromatic rings. The number of nitrogens with zero attached hydrogens (tertiary/aromatic N) is 3. The van der Waals surface area contributed by atoms with Gasteiger partial charge >= 0.3 is 0 Å². The van der Waals surface area contributed by atoms with Gasteiger partial charge in [-0.3, -0.25) is 0 Å². The minimum atomic E-state index is 0.0888. The quantitative estimate of drug-likeness (QED) is 0.266. The average molecular weight is 476 g/mol. The van der Waals surface area contributed by atoms with Gasteiger partial charge in [0, 0.05) is 16.9 Å². The second-order valence-corrected chi connectivity index (χ2v) is 10.2. The highest BCUT2D eigenvalue weighted by Gasteiger charge is 2.39. The highest BCUT2D eigenvalue weighted by atomic mass is 15.4. The first-order valence-electron chi connectivity index (χ1n) is 13.3. The molecule has 3 heteroatoms. The molecule has 3 nitrogen and oxygen atoms in total. The maximum absolute atomic E-state index is 5.35. The van der Waals surface area contributed by atoms with Crippen molar-refractivity contribution in [3.8, 4) is 11.3 Å². The van der Waals surface area contributed by atoms with Crippen molar-refractivity contribution in [2.24, 2.45) is 0 Å². The van der Waals surface area contributed by atoms with Gasteiger partial charge in [-0.25, -0.2) is 4.98 Å². The molecule has 1 aliphatic rings. The van der Waals surface area contributed by atoms with Crippen LogP contribution in [0, 0.1) is 6.92 Å². The summed E-state index contributed by atoms with van der Waals surface area (Å²) in [5, 5.41) is 0. The molecular formula is C33H37N3. The van der Waals surface area contributed by atoms with Crippen molar-refractivity contribution >= 4 is 22.9 Å². The zero-order valence-corrected chi connectivity index (χ0v) is 22.2. The third-order valence-corrected chi connectivity index (χ3v) is 7.94. The van der Waals surface area contributed by atoms with Gasteiger partial charge in [-0.15, -0.1) is 0 Å². The number of fused-ring (bicyclic) bond motifs is 1. The highest BCUT2D eigenvalue weighted by molar-refractivity contribution is 5.88. The summed E-state index contributed by atoms with van der Waals surface area (Å²) in [5.74, 6) is 1.02. The fourth-order valence-electron chi connectivity index (χ4n) is 5.82. The highest BCUT2D eigenvalue weighted by Crippen LogP contribution is 2.50. The molecular weight excluding hydrogens is 438 g/mol. The number of anilines is 4. The van der Waals surface area contributed by atoms with Crippen LogP contribution in [0.5, 0.6) is 0 Å². The average Bonchev–Trinajstić information content (AvgIpc) is 3.20. The van der Waals surface area contributed by atoms with Gasteiger partial charge in [0.2, 0.25) is 0 Å². The van der Waals surface area contributed by atoms with Crippen LogP contribution in [0.4, 0.5) is 22.9 Å². The molecule has 2 atom stereocenters. The predicted octanol–water partition coefficient (Wildman–Crippen LogP) is 9.16. The molecule has 0 N–H and O–H groups in total. The normalized spacial score (nSPS) is 16.6. The number of para-hydroxylation sites is 2. The predicted molar refractivity (Wildman–Crippen MR) is 154 cm³/mol. The van der Waals surface area contributed by atoms with Crippen LogP contribution in [-0.2, 0) is 5.41 Å². The molecule has 184 valence electrons. The van der Waals surface area contributed by atoms with Crippen LogP contribution in [-0.4, -0.2) is 11.1 Å². The van der Waals surface area contributed by atoms with Gasteiger partial charge in [-0.2, -0.15) is 0 Å². The molecule has 0 saturated heterocycles. The Balaban J connectivity index is 1.73. The standard InChI is InChI=1S/C33H37N3/c1-6-23-33(5,7-2)28-19-13-14-20-30(28)36-25(4)35(26-16-9-8-10-17-26)31-22-21-29(34-32(31)36)27-18-12-11-15-24(27)3/h8-22,25H,6-7,23H2,1-5H3. The monoisotopic (exact) mass is 475 g/mol. The third kappa shape index (κ3) is 4.07. The Morgan fingerprint density at radius 3 is 2.19 bits per heavy atom. The van der Waals surface area contributed by atoms with Gasteiger partial charge in [0.05, 0.1) is 11.4 Å². The van der Waals surface area contributed by atoms with E-state index in [-0.39, 0.29) is 11.6 Å². The van der Waals surface area contributed by atoms with Crippen LogP contribution in [0.2, 0.25) is 0 Å². The van der Waals surface area contributed by atoms with Crippen molar-refractivity contribution in [3.05, 3.63) is 102 Å². The summed E-state index contributed by atoms with van der Waals surface area (Å²) >= 11 is 0. The van der Waals surface area contributed by atoms with Crippen molar-refractivity contribution in [2.75, 3.05) is 9.80 Å². The van der Waals surface area contributed by atoms with Gasteiger partial charge in [0.25, 0.3) is 0 Å². The Labute approximate surface area is 216 Å². The summed E-state index contributed by atoms with van der Waals surface area (Å²) in [7, 11) is 0. The largest absolute Gasteiger partial charge is 0.317 e. The van der Waals surface area contributed by atoms with E-state index in [0.29, 0.717) is 0 Å². The summed E-state index contributed by atoms with van der Waals surface area (Å²) in [6.07, 6.45) is 3.52. The van der Waals surface area contributed by atoms with Crippen LogP contribution in [0.15, 0.2) is 91.0 Å². The van der Waals surface area contributed by atoms with Crippen molar-refractivity contribution in [2.45, 2.75) is 65.5 Å². The zero-order chi connectivity index (χ0) is 25.3. The molecule has 36 heavy (non-hydrogen) atoms. The van der Waals surface area contributed by atoms with Gasteiger partial charge in [0.15, 0.2) is 5.82 Å². The first kappa shape index (κ1) is 24.1. The zero-order valence-electron chi connectivity index (χ0n) is 22.2. The molecule has 2 unspecified atom stereocenters. The van der Waals surface area contributed by atoms with E-state index in [9.17, 15) is 0 Å². The number of benzene rings is 3. The lowest BCUT2D eigenvalue weighted by Gasteiger charge is -2.36. The first-order valence-corrected chi connectivity index (χ1v) is 13.3. The van der Waals surface area contributed by atoms with E-state index >= 15 is 0 Å². The number of aryl methyl sites for hydroxylation is 1. The van der Waals surface area contributed by atoms with Crippen molar-refractivity contribution in [1.82, 2.24) is 4.98 Å². The minimum Gasteiger partial charge on any atom is -0.317 e. The second kappa shape index (κ2) is 9.81. The number of rotatable bonds is 7. The van der Waals surface area contributed by atoms with E-state index in [1.165, 1.54) is 28.1 Å². The van der Waals surface area contributed by atoms with E-state index in [1.807, 2.05) is 0 Å². The second-order valence-electron chi connectivity index (χ2n) is 10.2. The molecule has 0 amide bonds. The van der Waals surface area contributed by atoms with Gasteiger partial charge in [-0.1, -0.05) is 87.9 Å². The maximum atomic E-state index is 5.35. The molecule has 5 rings (SSSR count). The Hall–Kier alpha value is -3.59. The van der Waals surface area contributed by atoms with E-state index in [2.05, 4.69) is 135 Å². The van der Waals surface area contributed by atoms with E-state index in [4.69, 9.17) is 4.98 Å². The van der Waals surface area contributed by atoms with E-state index < -0.39 is 0 Å². The summed E-state index contributed by atoms with van der Waals surface area (Å²) in [6, 6.07) is 32.6. The first-order chi connectivity index (χ1) is 17.5. The Kier molecular flexibility index (Phi) is 6.57. The van der Waals surface area contributed by atoms with Crippen LogP contribution < -0.4 is 9.80 Å². The van der Waals surface area contributed by atoms with Gasteiger partial charge in [-0.05, 0) is 73.6 Å². The molecule has 0 spiro atoms. The summed E-state index contributed by atoms with van der Waals surface area (Å²) in [6.45, 7) is 11.5. The maximum Gasteiger partial charge on any atom is 0.159 e. The molecule has 0 saturated carbocycles. The molecule has 0 radical (unpaired) electrons. The van der Waals surface area contributed by atoms with Crippen LogP contribution in [0.3, 0.4) is 0 Å². The van der Waals surface area contributed by atoms with Gasteiger partial charge in [0.1, 0.15) is 6.17 Å². The lowest BCUT2D eigenvalue weighted by molar-refractivity contribution is 0.414. The molecule has 0 aliphatic carbocycles. The Morgan fingerprint density at radius 1 is 0.778 bits per heavy atom. The lowest BCUT2D eigenvalue weighted by atomic mass is 9.75. The van der Waals surface area contributed by atoms with Crippen molar-refractivity contribution in [3.63, 3.8) is 0 Å². The number of hydrogen-bond acceptors (Lipinski definition) is 3. The fraction of sp³-hybridized carbons (Fsp3) is 0.303. The third-order valence-electron chi connectivity index (χ3n) is 7.94. The number of hydrogen-bond donors (Lipinski definition) is 0. The molecule has 1 aliphatic heterocycles. The topological polar surface area (TPSA) is 19.4 Å². The lowest BCUT2D eigenvalue weighted by Crippen LogP contribution is -2.37. The molecule has 0 fully saturated rings. The Morgan fingerprint density at radius 2 is 1.47 bits per heavy atom. The van der Waals surface area contributed by atoms with Crippen LogP contribution >= 0.6 is 0 Å². The Bertz CT molecular complexity index is 1350. The summed E-state index contributed by atoms with van der Waals surface area (Å²) < 4.78 is 0. The van der Waals surface area contributed by atoms with Crippen LogP contribution in [0.1, 0.15) is 58.1 Å². The molecule has 1 aromatic heterocycles. The molecule has 2 heterocycles.